The van der Waals surface area contributed by atoms with E-state index in [9.17, 15) is 27.6 Å². The van der Waals surface area contributed by atoms with Crippen LogP contribution in [0.15, 0.2) is 0 Å². The average Bonchev–Trinajstić information content (AvgIpc) is 2.67. The quantitative estimate of drug-likeness (QED) is 0.409. The van der Waals surface area contributed by atoms with Crippen molar-refractivity contribution in [2.75, 3.05) is 13.2 Å². The van der Waals surface area contributed by atoms with Gasteiger partial charge in [-0.2, -0.15) is 13.2 Å². The van der Waals surface area contributed by atoms with E-state index >= 15 is 0 Å². The molecule has 4 rings (SSSR count). The maximum Gasteiger partial charge on any atom is 0.401 e. The number of carbonyl (C=O) groups excluding carboxylic acids is 3. The van der Waals surface area contributed by atoms with E-state index in [4.69, 9.17) is 14.2 Å². The molecule has 0 heterocycles. The molecule has 2 unspecified atom stereocenters. The van der Waals surface area contributed by atoms with Gasteiger partial charge in [-0.3, -0.25) is 9.59 Å². The number of halogens is 3. The second-order valence-electron chi connectivity index (χ2n) is 9.94. The Bertz CT molecular complexity index is 683. The average molecular weight is 448 g/mol. The van der Waals surface area contributed by atoms with Crippen molar-refractivity contribution in [3.8, 4) is 0 Å². The SMILES string of the molecule is CCC(C)(COC(=O)C(C)C(F)(F)F)C(=O)OCC(=O)OC12CC3CC(CC(C3)C1)C2. The van der Waals surface area contributed by atoms with Crippen LogP contribution in [0.5, 0.6) is 0 Å². The topological polar surface area (TPSA) is 78.9 Å². The van der Waals surface area contributed by atoms with Gasteiger partial charge >= 0.3 is 24.1 Å². The molecule has 9 heteroatoms. The van der Waals surface area contributed by atoms with Crippen molar-refractivity contribution < 1.29 is 41.8 Å². The Hall–Kier alpha value is -1.80. The molecule has 31 heavy (non-hydrogen) atoms. The lowest BCUT2D eigenvalue weighted by Gasteiger charge is -2.55. The molecule has 0 radical (unpaired) electrons. The summed E-state index contributed by atoms with van der Waals surface area (Å²) in [6, 6.07) is 0. The van der Waals surface area contributed by atoms with Gasteiger partial charge in [0.1, 0.15) is 18.1 Å². The molecule has 0 saturated heterocycles. The number of hydrogen-bond donors (Lipinski definition) is 0. The highest BCUT2D eigenvalue weighted by molar-refractivity contribution is 5.81. The summed E-state index contributed by atoms with van der Waals surface area (Å²) in [5.74, 6) is -3.39. The summed E-state index contributed by atoms with van der Waals surface area (Å²) >= 11 is 0. The smallest absolute Gasteiger partial charge is 0.401 e. The van der Waals surface area contributed by atoms with Crippen LogP contribution >= 0.6 is 0 Å². The Kier molecular flexibility index (Phi) is 6.63. The third-order valence-electron chi connectivity index (χ3n) is 7.28. The molecule has 2 atom stereocenters. The molecule has 4 bridgehead atoms. The lowest BCUT2D eigenvalue weighted by Crippen LogP contribution is -2.53. The molecule has 4 fully saturated rings. The first-order chi connectivity index (χ1) is 14.4. The van der Waals surface area contributed by atoms with Crippen LogP contribution in [0, 0.1) is 29.1 Å². The van der Waals surface area contributed by atoms with Crippen molar-refractivity contribution in [3.63, 3.8) is 0 Å². The number of ether oxygens (including phenoxy) is 3. The second kappa shape index (κ2) is 8.62. The van der Waals surface area contributed by atoms with Gasteiger partial charge in [0.2, 0.25) is 0 Å². The van der Waals surface area contributed by atoms with Gasteiger partial charge in [-0.1, -0.05) is 6.92 Å². The monoisotopic (exact) mass is 448 g/mol. The standard InChI is InChI=1S/C22H31F3O6/c1-4-20(3,12-30-18(27)13(2)22(23,24)25)19(28)29-11-17(26)31-21-8-14-5-15(9-21)7-16(6-14)10-21/h13-16H,4-12H2,1-3H3. The van der Waals surface area contributed by atoms with Crippen molar-refractivity contribution in [1.29, 1.82) is 0 Å². The zero-order chi connectivity index (χ0) is 23.0. The number of rotatable bonds is 8. The van der Waals surface area contributed by atoms with Gasteiger partial charge in [-0.25, -0.2) is 4.79 Å². The number of alkyl halides is 3. The van der Waals surface area contributed by atoms with Crippen LogP contribution in [0.1, 0.15) is 65.7 Å². The van der Waals surface area contributed by atoms with Crippen LogP contribution in [0.4, 0.5) is 13.2 Å². The van der Waals surface area contributed by atoms with Crippen LogP contribution in [0.2, 0.25) is 0 Å². The van der Waals surface area contributed by atoms with E-state index in [2.05, 4.69) is 0 Å². The van der Waals surface area contributed by atoms with Gasteiger partial charge in [0.15, 0.2) is 6.61 Å². The first-order valence-electron chi connectivity index (χ1n) is 11.0. The molecule has 0 amide bonds. The zero-order valence-corrected chi connectivity index (χ0v) is 18.3. The Morgan fingerprint density at radius 3 is 1.97 bits per heavy atom. The third kappa shape index (κ3) is 5.34. The minimum Gasteiger partial charge on any atom is -0.464 e. The number of carbonyl (C=O) groups is 3. The minimum atomic E-state index is -4.72. The molecule has 0 aromatic rings. The summed E-state index contributed by atoms with van der Waals surface area (Å²) < 4.78 is 53.5. The van der Waals surface area contributed by atoms with Crippen LogP contribution in [0.3, 0.4) is 0 Å². The van der Waals surface area contributed by atoms with Gasteiger partial charge in [0, 0.05) is 0 Å². The Morgan fingerprint density at radius 1 is 1.00 bits per heavy atom. The predicted molar refractivity (Wildman–Crippen MR) is 103 cm³/mol. The zero-order valence-electron chi connectivity index (χ0n) is 18.3. The van der Waals surface area contributed by atoms with Crippen LogP contribution in [0.25, 0.3) is 0 Å². The molecule has 0 aliphatic heterocycles. The van der Waals surface area contributed by atoms with E-state index in [0.717, 1.165) is 19.3 Å². The first-order valence-corrected chi connectivity index (χ1v) is 11.0. The molecule has 0 N–H and O–H groups in total. The summed E-state index contributed by atoms with van der Waals surface area (Å²) in [6.45, 7) is 2.61. The van der Waals surface area contributed by atoms with Crippen molar-refractivity contribution >= 4 is 17.9 Å². The van der Waals surface area contributed by atoms with Crippen LogP contribution < -0.4 is 0 Å². The number of esters is 3. The largest absolute Gasteiger partial charge is 0.464 e. The molecular weight excluding hydrogens is 417 g/mol. The lowest BCUT2D eigenvalue weighted by molar-refractivity contribution is -0.199. The van der Waals surface area contributed by atoms with Gasteiger partial charge < -0.3 is 14.2 Å². The normalized spacial score (nSPS) is 32.1. The summed E-state index contributed by atoms with van der Waals surface area (Å²) in [6.07, 6.45) is 1.62. The highest BCUT2D eigenvalue weighted by atomic mass is 19.4. The lowest BCUT2D eigenvalue weighted by atomic mass is 9.54. The fraction of sp³-hybridized carbons (Fsp3) is 0.864. The maximum atomic E-state index is 12.6. The highest BCUT2D eigenvalue weighted by Gasteiger charge is 2.53. The predicted octanol–water partition coefficient (Wildman–Crippen LogP) is 4.20. The van der Waals surface area contributed by atoms with Gasteiger partial charge in [0.25, 0.3) is 0 Å². The minimum absolute atomic E-state index is 0.156. The Labute approximate surface area is 180 Å². The van der Waals surface area contributed by atoms with E-state index in [1.54, 1.807) is 6.92 Å². The number of hydrogen-bond acceptors (Lipinski definition) is 6. The van der Waals surface area contributed by atoms with Crippen molar-refractivity contribution in [1.82, 2.24) is 0 Å². The molecule has 0 aromatic heterocycles. The van der Waals surface area contributed by atoms with E-state index in [1.165, 1.54) is 26.2 Å². The van der Waals surface area contributed by atoms with Crippen molar-refractivity contribution in [2.45, 2.75) is 77.5 Å². The van der Waals surface area contributed by atoms with Crippen LogP contribution in [-0.4, -0.2) is 42.9 Å². The van der Waals surface area contributed by atoms with Gasteiger partial charge in [-0.15, -0.1) is 0 Å². The second-order valence-corrected chi connectivity index (χ2v) is 9.94. The summed E-state index contributed by atoms with van der Waals surface area (Å²) in [7, 11) is 0. The molecule has 4 aliphatic carbocycles. The van der Waals surface area contributed by atoms with Crippen molar-refractivity contribution in [2.24, 2.45) is 29.1 Å². The van der Waals surface area contributed by atoms with E-state index in [1.807, 2.05) is 0 Å². The highest BCUT2D eigenvalue weighted by Crippen LogP contribution is 2.57. The van der Waals surface area contributed by atoms with Gasteiger partial charge in [0.05, 0.1) is 5.41 Å². The van der Waals surface area contributed by atoms with E-state index < -0.39 is 54.2 Å². The summed E-state index contributed by atoms with van der Waals surface area (Å²) in [4.78, 5) is 36.5. The summed E-state index contributed by atoms with van der Waals surface area (Å²) in [5.41, 5.74) is -1.81. The molecule has 6 nitrogen and oxygen atoms in total. The molecular formula is C22H31F3O6. The Balaban J connectivity index is 1.49. The molecule has 4 aliphatic rings. The van der Waals surface area contributed by atoms with E-state index in [-0.39, 0.29) is 6.42 Å². The van der Waals surface area contributed by atoms with Crippen molar-refractivity contribution in [3.05, 3.63) is 0 Å². The Morgan fingerprint density at radius 2 is 1.52 bits per heavy atom. The fourth-order valence-electron chi connectivity index (χ4n) is 5.52. The fourth-order valence-corrected chi connectivity index (χ4v) is 5.52. The van der Waals surface area contributed by atoms with Crippen LogP contribution in [-0.2, 0) is 28.6 Å². The molecule has 0 aromatic carbocycles. The molecule has 4 saturated carbocycles. The first kappa shape index (κ1) is 23.9. The molecule has 0 spiro atoms. The maximum absolute atomic E-state index is 12.6. The van der Waals surface area contributed by atoms with Gasteiger partial charge in [-0.05, 0) is 76.5 Å². The molecule has 176 valence electrons. The van der Waals surface area contributed by atoms with E-state index in [0.29, 0.717) is 24.7 Å². The summed E-state index contributed by atoms with van der Waals surface area (Å²) in [5, 5.41) is 0. The third-order valence-corrected chi connectivity index (χ3v) is 7.28.